The van der Waals surface area contributed by atoms with Crippen LogP contribution < -0.4 is 5.73 Å². The topological polar surface area (TPSA) is 43.1 Å². The first-order valence-corrected chi connectivity index (χ1v) is 6.33. The van der Waals surface area contributed by atoms with E-state index in [4.69, 9.17) is 5.73 Å². The predicted octanol–water partition coefficient (Wildman–Crippen LogP) is 3.36. The summed E-state index contributed by atoms with van der Waals surface area (Å²) in [5, 5.41) is 0. The van der Waals surface area contributed by atoms with Gasteiger partial charge < -0.3 is 5.73 Å². The first kappa shape index (κ1) is 13.9. The maximum Gasteiger partial charge on any atom is 0.450 e. The number of aryl methyl sites for hydroxylation is 1. The molecule has 2 atom stereocenters. The number of carbonyl (C=O) groups excluding carboxylic acids is 1. The van der Waals surface area contributed by atoms with Crippen LogP contribution in [0.4, 0.5) is 18.9 Å². The van der Waals surface area contributed by atoms with Gasteiger partial charge in [-0.1, -0.05) is 12.1 Å². The summed E-state index contributed by atoms with van der Waals surface area (Å²) in [6, 6.07) is 7.28. The van der Waals surface area contributed by atoms with Crippen LogP contribution in [-0.4, -0.2) is 12.0 Å². The van der Waals surface area contributed by atoms with E-state index in [-0.39, 0.29) is 5.92 Å². The van der Waals surface area contributed by atoms with E-state index >= 15 is 0 Å². The summed E-state index contributed by atoms with van der Waals surface area (Å²) in [6.45, 7) is 0. The van der Waals surface area contributed by atoms with Gasteiger partial charge in [0.25, 0.3) is 0 Å². The van der Waals surface area contributed by atoms with Crippen molar-refractivity contribution in [1.82, 2.24) is 0 Å². The summed E-state index contributed by atoms with van der Waals surface area (Å²) >= 11 is 0. The molecule has 104 valence electrons. The Bertz CT molecular complexity index is 453. The number of anilines is 1. The van der Waals surface area contributed by atoms with Crippen LogP contribution in [0.1, 0.15) is 24.8 Å². The number of rotatable bonds is 4. The molecule has 1 saturated carbocycles. The lowest BCUT2D eigenvalue weighted by Gasteiger charge is -2.35. The van der Waals surface area contributed by atoms with Crippen molar-refractivity contribution in [3.8, 4) is 0 Å². The van der Waals surface area contributed by atoms with E-state index in [2.05, 4.69) is 0 Å². The van der Waals surface area contributed by atoms with Gasteiger partial charge in [0.05, 0.1) is 0 Å². The molecule has 0 amide bonds. The molecular weight excluding hydrogens is 255 g/mol. The Hall–Kier alpha value is -1.52. The summed E-state index contributed by atoms with van der Waals surface area (Å²) in [4.78, 5) is 11.2. The molecule has 0 aliphatic heterocycles. The highest BCUT2D eigenvalue weighted by Gasteiger charge is 2.48. The molecule has 1 aromatic carbocycles. The molecule has 5 heteroatoms. The van der Waals surface area contributed by atoms with Gasteiger partial charge in [0.2, 0.25) is 5.78 Å². The molecule has 0 radical (unpaired) electrons. The molecule has 0 spiro atoms. The molecule has 1 aliphatic rings. The molecule has 1 unspecified atom stereocenters. The molecule has 1 aliphatic carbocycles. The molecule has 19 heavy (non-hydrogen) atoms. The molecule has 0 aromatic heterocycles. The van der Waals surface area contributed by atoms with Crippen LogP contribution in [0.2, 0.25) is 0 Å². The SMILES string of the molecule is Nc1ccc(CCC2CC[C@H]2C(=O)C(F)(F)F)cc1. The number of hydrogen-bond donors (Lipinski definition) is 1. The zero-order chi connectivity index (χ0) is 14.0. The predicted molar refractivity (Wildman–Crippen MR) is 66.5 cm³/mol. The second-order valence-electron chi connectivity index (χ2n) is 5.09. The maximum atomic E-state index is 12.3. The lowest BCUT2D eigenvalue weighted by atomic mass is 9.69. The number of carbonyl (C=O) groups is 1. The highest BCUT2D eigenvalue weighted by Crippen LogP contribution is 2.41. The van der Waals surface area contributed by atoms with Gasteiger partial charge in [-0.2, -0.15) is 13.2 Å². The van der Waals surface area contributed by atoms with E-state index in [0.717, 1.165) is 5.56 Å². The van der Waals surface area contributed by atoms with Crippen LogP contribution in [-0.2, 0) is 11.2 Å². The quantitative estimate of drug-likeness (QED) is 0.853. The van der Waals surface area contributed by atoms with Gasteiger partial charge in [-0.05, 0) is 49.3 Å². The molecule has 1 aromatic rings. The minimum atomic E-state index is -4.69. The first-order chi connectivity index (χ1) is 8.88. The average Bonchev–Trinajstić information content (AvgIpc) is 2.29. The van der Waals surface area contributed by atoms with Crippen LogP contribution in [0.25, 0.3) is 0 Å². The molecule has 2 N–H and O–H groups in total. The number of Topliss-reactive ketones (excluding diaryl/α,β-unsaturated/α-hetero) is 1. The van der Waals surface area contributed by atoms with E-state index in [1.54, 1.807) is 12.1 Å². The van der Waals surface area contributed by atoms with Gasteiger partial charge >= 0.3 is 6.18 Å². The van der Waals surface area contributed by atoms with Crippen molar-refractivity contribution in [3.63, 3.8) is 0 Å². The second-order valence-corrected chi connectivity index (χ2v) is 5.09. The standard InChI is InChI=1S/C14H16F3NO/c15-14(16,17)13(19)12-8-5-10(12)4-1-9-2-6-11(18)7-3-9/h2-3,6-7,10,12H,1,4-5,8,18H2/t10?,12-/m1/s1. The first-order valence-electron chi connectivity index (χ1n) is 6.33. The normalized spacial score (nSPS) is 22.9. The number of benzene rings is 1. The van der Waals surface area contributed by atoms with Crippen LogP contribution in [0.5, 0.6) is 0 Å². The lowest BCUT2D eigenvalue weighted by molar-refractivity contribution is -0.181. The van der Waals surface area contributed by atoms with Gasteiger partial charge in [0.15, 0.2) is 0 Å². The van der Waals surface area contributed by atoms with Gasteiger partial charge in [-0.15, -0.1) is 0 Å². The van der Waals surface area contributed by atoms with Gasteiger partial charge in [0, 0.05) is 11.6 Å². The number of ketones is 1. The van der Waals surface area contributed by atoms with E-state index in [1.807, 2.05) is 12.1 Å². The van der Waals surface area contributed by atoms with E-state index in [1.165, 1.54) is 0 Å². The van der Waals surface area contributed by atoms with Crippen molar-refractivity contribution >= 4 is 11.5 Å². The van der Waals surface area contributed by atoms with Gasteiger partial charge in [0.1, 0.15) is 0 Å². The third kappa shape index (κ3) is 3.28. The largest absolute Gasteiger partial charge is 0.450 e. The van der Waals surface area contributed by atoms with Crippen molar-refractivity contribution in [3.05, 3.63) is 29.8 Å². The summed E-state index contributed by atoms with van der Waals surface area (Å²) < 4.78 is 37.0. The molecule has 2 nitrogen and oxygen atoms in total. The van der Waals surface area contributed by atoms with Crippen molar-refractivity contribution in [2.45, 2.75) is 31.9 Å². The Morgan fingerprint density at radius 2 is 1.84 bits per heavy atom. The average molecular weight is 271 g/mol. The fourth-order valence-corrected chi connectivity index (χ4v) is 2.51. The third-order valence-electron chi connectivity index (χ3n) is 3.82. The van der Waals surface area contributed by atoms with Crippen molar-refractivity contribution in [2.24, 2.45) is 11.8 Å². The Kier molecular flexibility index (Phi) is 3.83. The fraction of sp³-hybridized carbons (Fsp3) is 0.500. The van der Waals surface area contributed by atoms with E-state index in [0.29, 0.717) is 31.4 Å². The van der Waals surface area contributed by atoms with Gasteiger partial charge in [-0.3, -0.25) is 4.79 Å². The molecule has 2 rings (SSSR count). The fourth-order valence-electron chi connectivity index (χ4n) is 2.51. The molecule has 0 bridgehead atoms. The second kappa shape index (κ2) is 5.23. The smallest absolute Gasteiger partial charge is 0.399 e. The van der Waals surface area contributed by atoms with Crippen LogP contribution in [0.3, 0.4) is 0 Å². The van der Waals surface area contributed by atoms with Crippen LogP contribution in [0, 0.1) is 11.8 Å². The van der Waals surface area contributed by atoms with E-state index in [9.17, 15) is 18.0 Å². The number of halogens is 3. The molecular formula is C14H16F3NO. The maximum absolute atomic E-state index is 12.3. The zero-order valence-corrected chi connectivity index (χ0v) is 10.4. The number of nitrogen functional groups attached to an aromatic ring is 1. The summed E-state index contributed by atoms with van der Waals surface area (Å²) in [5.74, 6) is -2.51. The minimum Gasteiger partial charge on any atom is -0.399 e. The number of nitrogens with two attached hydrogens (primary N) is 1. The molecule has 1 fully saturated rings. The monoisotopic (exact) mass is 271 g/mol. The highest BCUT2D eigenvalue weighted by atomic mass is 19.4. The highest BCUT2D eigenvalue weighted by molar-refractivity contribution is 5.87. The van der Waals surface area contributed by atoms with Crippen LogP contribution >= 0.6 is 0 Å². The zero-order valence-electron chi connectivity index (χ0n) is 10.4. The number of hydrogen-bond acceptors (Lipinski definition) is 2. The Labute approximate surface area is 109 Å². The third-order valence-corrected chi connectivity index (χ3v) is 3.82. The summed E-state index contributed by atoms with van der Waals surface area (Å²) in [5.41, 5.74) is 7.27. The number of alkyl halides is 3. The Balaban J connectivity index is 1.87. The Morgan fingerprint density at radius 3 is 2.32 bits per heavy atom. The van der Waals surface area contributed by atoms with Crippen molar-refractivity contribution in [1.29, 1.82) is 0 Å². The van der Waals surface area contributed by atoms with E-state index < -0.39 is 17.9 Å². The van der Waals surface area contributed by atoms with Gasteiger partial charge in [-0.25, -0.2) is 0 Å². The molecule has 0 saturated heterocycles. The Morgan fingerprint density at radius 1 is 1.21 bits per heavy atom. The van der Waals surface area contributed by atoms with Crippen molar-refractivity contribution < 1.29 is 18.0 Å². The molecule has 0 heterocycles. The minimum absolute atomic E-state index is 0.133. The van der Waals surface area contributed by atoms with Crippen LogP contribution in [0.15, 0.2) is 24.3 Å². The van der Waals surface area contributed by atoms with Crippen molar-refractivity contribution in [2.75, 3.05) is 5.73 Å². The lowest BCUT2D eigenvalue weighted by Crippen LogP contribution is -2.40. The summed E-state index contributed by atoms with van der Waals surface area (Å²) in [6.07, 6.45) is -2.31. The summed E-state index contributed by atoms with van der Waals surface area (Å²) in [7, 11) is 0.